The molecule has 0 atom stereocenters. The number of aryl methyl sites for hydroxylation is 1. The van der Waals surface area contributed by atoms with Crippen molar-refractivity contribution in [3.8, 4) is 5.75 Å². The van der Waals surface area contributed by atoms with Crippen LogP contribution in [0.4, 0.5) is 0 Å². The molecule has 6 nitrogen and oxygen atoms in total. The quantitative estimate of drug-likeness (QED) is 0.432. The van der Waals surface area contributed by atoms with Gasteiger partial charge in [0.1, 0.15) is 11.5 Å². The van der Waals surface area contributed by atoms with Gasteiger partial charge in [-0.2, -0.15) is 0 Å². The van der Waals surface area contributed by atoms with Gasteiger partial charge >= 0.3 is 5.97 Å². The topological polar surface area (TPSA) is 70.7 Å². The van der Waals surface area contributed by atoms with E-state index >= 15 is 0 Å². The summed E-state index contributed by atoms with van der Waals surface area (Å²) in [6.45, 7) is 6.45. The van der Waals surface area contributed by atoms with Crippen molar-refractivity contribution < 1.29 is 23.5 Å². The Balaban J connectivity index is 1.64. The first-order valence-corrected chi connectivity index (χ1v) is 9.12. The zero-order valence-corrected chi connectivity index (χ0v) is 16.2. The van der Waals surface area contributed by atoms with Crippen molar-refractivity contribution in [2.24, 2.45) is 0 Å². The van der Waals surface area contributed by atoms with Crippen molar-refractivity contribution >= 4 is 11.8 Å². The first-order valence-electron chi connectivity index (χ1n) is 9.12. The largest absolute Gasteiger partial charge is 0.485 e. The van der Waals surface area contributed by atoms with Gasteiger partial charge in [-0.1, -0.05) is 0 Å². The highest BCUT2D eigenvalue weighted by atomic mass is 16.5. The molecule has 0 spiro atoms. The minimum absolute atomic E-state index is 0.0796. The van der Waals surface area contributed by atoms with E-state index in [4.69, 9.17) is 13.9 Å². The van der Waals surface area contributed by atoms with Crippen LogP contribution in [0.2, 0.25) is 0 Å². The molecule has 2 aromatic heterocycles. The van der Waals surface area contributed by atoms with Crippen LogP contribution in [0, 0.1) is 13.8 Å². The molecule has 0 amide bonds. The lowest BCUT2D eigenvalue weighted by molar-refractivity contribution is 0.0526. The Morgan fingerprint density at radius 1 is 1.11 bits per heavy atom. The summed E-state index contributed by atoms with van der Waals surface area (Å²) in [5, 5.41) is 0. The third-order valence-corrected chi connectivity index (χ3v) is 4.50. The van der Waals surface area contributed by atoms with Crippen LogP contribution in [0.3, 0.4) is 0 Å². The highest BCUT2D eigenvalue weighted by molar-refractivity contribution is 5.98. The Bertz CT molecular complexity index is 952. The maximum Gasteiger partial charge on any atom is 0.338 e. The molecule has 3 rings (SSSR count). The number of rotatable bonds is 8. The molecule has 2 heterocycles. The SMILES string of the molecule is CCOC(=O)c1ccc(OCC(=O)c2cc(C)n(Cc3ccco3)c2C)cc1. The molecule has 0 unspecified atom stereocenters. The number of Topliss-reactive ketones (excluding diaryl/α,β-unsaturated/α-hetero) is 1. The van der Waals surface area contributed by atoms with E-state index in [-0.39, 0.29) is 18.4 Å². The van der Waals surface area contributed by atoms with Crippen molar-refractivity contribution in [3.05, 3.63) is 77.0 Å². The second-order valence-corrected chi connectivity index (χ2v) is 6.41. The lowest BCUT2D eigenvalue weighted by atomic mass is 10.1. The molecule has 0 radical (unpaired) electrons. The molecule has 0 aliphatic heterocycles. The summed E-state index contributed by atoms with van der Waals surface area (Å²) in [6.07, 6.45) is 1.64. The first-order chi connectivity index (χ1) is 13.5. The standard InChI is InChI=1S/C22H23NO5/c1-4-26-22(25)17-7-9-18(10-8-17)28-14-21(24)20-12-15(2)23(16(20)3)13-19-6-5-11-27-19/h5-12H,4,13-14H2,1-3H3. The van der Waals surface area contributed by atoms with Crippen molar-refractivity contribution in [2.45, 2.75) is 27.3 Å². The molecule has 28 heavy (non-hydrogen) atoms. The average Bonchev–Trinajstić information content (AvgIpc) is 3.30. The van der Waals surface area contributed by atoms with Gasteiger partial charge in [0.25, 0.3) is 0 Å². The van der Waals surface area contributed by atoms with Gasteiger partial charge in [0.2, 0.25) is 5.78 Å². The van der Waals surface area contributed by atoms with E-state index < -0.39 is 0 Å². The fourth-order valence-electron chi connectivity index (χ4n) is 3.01. The smallest absolute Gasteiger partial charge is 0.338 e. The Labute approximate surface area is 163 Å². The molecule has 0 aliphatic rings. The van der Waals surface area contributed by atoms with Crippen LogP contribution in [-0.4, -0.2) is 29.5 Å². The monoisotopic (exact) mass is 381 g/mol. The lowest BCUT2D eigenvalue weighted by Crippen LogP contribution is -2.13. The van der Waals surface area contributed by atoms with Crippen molar-refractivity contribution in [2.75, 3.05) is 13.2 Å². The zero-order chi connectivity index (χ0) is 20.1. The maximum atomic E-state index is 12.6. The first kappa shape index (κ1) is 19.5. The van der Waals surface area contributed by atoms with E-state index in [1.165, 1.54) is 0 Å². The number of carbonyl (C=O) groups is 2. The van der Waals surface area contributed by atoms with Gasteiger partial charge in [-0.05, 0) is 63.2 Å². The summed E-state index contributed by atoms with van der Waals surface area (Å²) in [7, 11) is 0. The molecule has 6 heteroatoms. The van der Waals surface area contributed by atoms with Crippen LogP contribution in [0.15, 0.2) is 53.1 Å². The molecule has 0 saturated heterocycles. The number of esters is 1. The minimum Gasteiger partial charge on any atom is -0.485 e. The normalized spacial score (nSPS) is 10.7. The number of carbonyl (C=O) groups excluding carboxylic acids is 2. The molecule has 3 aromatic rings. The molecule has 0 fully saturated rings. The van der Waals surface area contributed by atoms with Gasteiger partial charge in [-0.15, -0.1) is 0 Å². The highest BCUT2D eigenvalue weighted by Crippen LogP contribution is 2.19. The minimum atomic E-state index is -0.380. The second-order valence-electron chi connectivity index (χ2n) is 6.41. The van der Waals surface area contributed by atoms with Crippen LogP contribution in [0.1, 0.15) is 44.8 Å². The summed E-state index contributed by atoms with van der Waals surface area (Å²) in [6, 6.07) is 12.2. The summed E-state index contributed by atoms with van der Waals surface area (Å²) in [5.74, 6) is 0.868. The fourth-order valence-corrected chi connectivity index (χ4v) is 3.01. The summed E-state index contributed by atoms with van der Waals surface area (Å²) in [4.78, 5) is 24.3. The number of hydrogen-bond acceptors (Lipinski definition) is 5. The van der Waals surface area contributed by atoms with E-state index in [1.54, 1.807) is 37.5 Å². The molecule has 0 bridgehead atoms. The number of nitrogens with zero attached hydrogens (tertiary/aromatic N) is 1. The van der Waals surface area contributed by atoms with E-state index in [0.717, 1.165) is 17.1 Å². The third-order valence-electron chi connectivity index (χ3n) is 4.50. The second kappa shape index (κ2) is 8.61. The fraction of sp³-hybridized carbons (Fsp3) is 0.273. The van der Waals surface area contributed by atoms with E-state index in [9.17, 15) is 9.59 Å². The van der Waals surface area contributed by atoms with Crippen molar-refractivity contribution in [1.82, 2.24) is 4.57 Å². The molecule has 0 aliphatic carbocycles. The van der Waals surface area contributed by atoms with Gasteiger partial charge in [-0.25, -0.2) is 4.79 Å². The number of ketones is 1. The van der Waals surface area contributed by atoms with Gasteiger partial charge in [0.05, 0.1) is 25.0 Å². The van der Waals surface area contributed by atoms with Crippen LogP contribution >= 0.6 is 0 Å². The number of furan rings is 1. The van der Waals surface area contributed by atoms with Gasteiger partial charge < -0.3 is 18.5 Å². The maximum absolute atomic E-state index is 12.6. The van der Waals surface area contributed by atoms with Gasteiger partial charge in [0.15, 0.2) is 6.61 Å². The number of benzene rings is 1. The van der Waals surface area contributed by atoms with Crippen molar-refractivity contribution in [1.29, 1.82) is 0 Å². The number of aromatic nitrogens is 1. The summed E-state index contributed by atoms with van der Waals surface area (Å²) >= 11 is 0. The lowest BCUT2D eigenvalue weighted by Gasteiger charge is -2.09. The number of ether oxygens (including phenoxy) is 2. The molecule has 146 valence electrons. The molecule has 1 aromatic carbocycles. The van der Waals surface area contributed by atoms with Crippen LogP contribution in [0.25, 0.3) is 0 Å². The predicted octanol–water partition coefficient (Wildman–Crippen LogP) is 4.18. The summed E-state index contributed by atoms with van der Waals surface area (Å²) < 4.78 is 18.0. The molecular weight excluding hydrogens is 358 g/mol. The van der Waals surface area contributed by atoms with E-state index in [1.807, 2.05) is 36.6 Å². The van der Waals surface area contributed by atoms with E-state index in [0.29, 0.717) is 30.0 Å². The van der Waals surface area contributed by atoms with E-state index in [2.05, 4.69) is 0 Å². The Morgan fingerprint density at radius 3 is 2.50 bits per heavy atom. The molecule has 0 N–H and O–H groups in total. The van der Waals surface area contributed by atoms with Gasteiger partial charge in [0, 0.05) is 17.0 Å². The van der Waals surface area contributed by atoms with Crippen LogP contribution in [-0.2, 0) is 11.3 Å². The predicted molar refractivity (Wildman–Crippen MR) is 104 cm³/mol. The third kappa shape index (κ3) is 4.34. The van der Waals surface area contributed by atoms with Crippen LogP contribution in [0.5, 0.6) is 5.75 Å². The Kier molecular flexibility index (Phi) is 5.99. The molecular formula is C22H23NO5. The van der Waals surface area contributed by atoms with Crippen molar-refractivity contribution in [3.63, 3.8) is 0 Å². The Hall–Kier alpha value is -3.28. The Morgan fingerprint density at radius 2 is 1.86 bits per heavy atom. The molecule has 0 saturated carbocycles. The van der Waals surface area contributed by atoms with Crippen LogP contribution < -0.4 is 4.74 Å². The number of hydrogen-bond donors (Lipinski definition) is 0. The zero-order valence-electron chi connectivity index (χ0n) is 16.2. The highest BCUT2D eigenvalue weighted by Gasteiger charge is 2.17. The average molecular weight is 381 g/mol. The van der Waals surface area contributed by atoms with Gasteiger partial charge in [-0.3, -0.25) is 4.79 Å². The summed E-state index contributed by atoms with van der Waals surface area (Å²) in [5.41, 5.74) is 2.94.